The van der Waals surface area contributed by atoms with Crippen LogP contribution >= 0.6 is 0 Å². The van der Waals surface area contributed by atoms with E-state index in [2.05, 4.69) is 39.2 Å². The first kappa shape index (κ1) is 13.9. The van der Waals surface area contributed by atoms with Crippen LogP contribution in [0.25, 0.3) is 0 Å². The molecule has 0 amide bonds. The zero-order valence-corrected chi connectivity index (χ0v) is 8.59. The van der Waals surface area contributed by atoms with Gasteiger partial charge in [0.1, 0.15) is 0 Å². The zero-order valence-electron chi connectivity index (χ0n) is 9.59. The average molecular weight is 149 g/mol. The predicted molar refractivity (Wildman–Crippen MR) is 48.3 cm³/mol. The minimum Gasteiger partial charge on any atom is -1.00 e. The summed E-state index contributed by atoms with van der Waals surface area (Å²) < 4.78 is 0. The van der Waals surface area contributed by atoms with E-state index in [9.17, 15) is 0 Å². The van der Waals surface area contributed by atoms with Crippen LogP contribution in [0.15, 0.2) is 12.7 Å². The van der Waals surface area contributed by atoms with E-state index >= 15 is 0 Å². The number of nitrogens with zero attached hydrogens (tertiary/aromatic N) is 1. The van der Waals surface area contributed by atoms with Crippen LogP contribution in [0.5, 0.6) is 0 Å². The fourth-order valence-corrected chi connectivity index (χ4v) is 1.17. The third kappa shape index (κ3) is 5.55. The van der Waals surface area contributed by atoms with Gasteiger partial charge in [0.2, 0.25) is 0 Å². The maximum absolute atomic E-state index is 3.72. The molecule has 0 spiro atoms. The van der Waals surface area contributed by atoms with Crippen LogP contribution in [0, 0.1) is 0 Å². The summed E-state index contributed by atoms with van der Waals surface area (Å²) in [5.74, 6) is 0. The zero-order chi connectivity index (χ0) is 8.15. The van der Waals surface area contributed by atoms with Crippen LogP contribution in [0.4, 0.5) is 0 Å². The summed E-state index contributed by atoms with van der Waals surface area (Å²) in [7, 11) is 0. The van der Waals surface area contributed by atoms with Crippen molar-refractivity contribution in [1.29, 1.82) is 0 Å². The average Bonchev–Trinajstić information content (AvgIpc) is 1.81. The first-order chi connectivity index (χ1) is 4.59. The molecular weight excluding hydrogens is 129 g/mol. The normalized spacial score (nSPS) is 10.5. The Kier molecular flexibility index (Phi) is 8.79. The van der Waals surface area contributed by atoms with Crippen LogP contribution < -0.4 is 18.9 Å². The summed E-state index contributed by atoms with van der Waals surface area (Å²) in [5.41, 5.74) is 0. The maximum Gasteiger partial charge on any atom is 1.00 e. The molecule has 11 heavy (non-hydrogen) atoms. The number of rotatable bonds is 4. The Balaban J connectivity index is -0.000000405. The van der Waals surface area contributed by atoms with Gasteiger partial charge in [-0.15, -0.1) is 6.58 Å². The van der Waals surface area contributed by atoms with Gasteiger partial charge >= 0.3 is 18.9 Å². The standard InChI is InChI=1S/C9H19N.Li.H/c1-6-7-10(8(2)3)9(4)5;;/h6,8-9H,1,7H2,2-5H3;;/q;+1;-1. The van der Waals surface area contributed by atoms with E-state index in [0.29, 0.717) is 12.1 Å². The van der Waals surface area contributed by atoms with Crippen LogP contribution in [0.3, 0.4) is 0 Å². The molecule has 0 aliphatic rings. The maximum atomic E-state index is 3.72. The molecule has 0 heterocycles. The molecule has 0 N–H and O–H groups in total. The second kappa shape index (κ2) is 6.97. The molecule has 0 fully saturated rings. The van der Waals surface area contributed by atoms with Crippen LogP contribution in [-0.4, -0.2) is 23.5 Å². The molecule has 0 rings (SSSR count). The monoisotopic (exact) mass is 149 g/mol. The molecule has 0 aliphatic carbocycles. The summed E-state index contributed by atoms with van der Waals surface area (Å²) in [4.78, 5) is 2.40. The van der Waals surface area contributed by atoms with Crippen LogP contribution in [-0.2, 0) is 0 Å². The predicted octanol–water partition coefficient (Wildman–Crippen LogP) is -0.592. The SMILES string of the molecule is C=CCN(C(C)C)C(C)C.[H-].[Li+]. The van der Waals surface area contributed by atoms with Crippen molar-refractivity contribution in [2.24, 2.45) is 0 Å². The summed E-state index contributed by atoms with van der Waals surface area (Å²) in [6, 6.07) is 1.25. The van der Waals surface area contributed by atoms with Gasteiger partial charge in [-0.05, 0) is 27.7 Å². The number of hydrogen-bond donors (Lipinski definition) is 0. The molecule has 0 unspecified atom stereocenters. The van der Waals surface area contributed by atoms with Gasteiger partial charge in [-0.25, -0.2) is 0 Å². The molecule has 0 aromatic carbocycles. The fraction of sp³-hybridized carbons (Fsp3) is 0.778. The van der Waals surface area contributed by atoms with E-state index < -0.39 is 0 Å². The molecule has 0 radical (unpaired) electrons. The van der Waals surface area contributed by atoms with Gasteiger partial charge in [-0.3, -0.25) is 4.90 Å². The summed E-state index contributed by atoms with van der Waals surface area (Å²) in [6.07, 6.45) is 1.96. The summed E-state index contributed by atoms with van der Waals surface area (Å²) in [5, 5.41) is 0. The van der Waals surface area contributed by atoms with E-state index in [1.165, 1.54) is 0 Å². The molecule has 62 valence electrons. The Hall–Kier alpha value is 0.297. The Bertz CT molecular complexity index is 96.7. The molecule has 0 bridgehead atoms. The van der Waals surface area contributed by atoms with Crippen molar-refractivity contribution >= 4 is 0 Å². The van der Waals surface area contributed by atoms with Gasteiger partial charge in [-0.1, -0.05) is 6.08 Å². The van der Waals surface area contributed by atoms with Gasteiger partial charge in [0.05, 0.1) is 0 Å². The molecule has 0 aromatic heterocycles. The first-order valence-corrected chi connectivity index (χ1v) is 3.96. The second-order valence-corrected chi connectivity index (χ2v) is 3.17. The largest absolute Gasteiger partial charge is 1.00 e. The Morgan fingerprint density at radius 3 is 1.73 bits per heavy atom. The molecule has 0 aromatic rings. The van der Waals surface area contributed by atoms with Gasteiger partial charge < -0.3 is 1.43 Å². The summed E-state index contributed by atoms with van der Waals surface area (Å²) in [6.45, 7) is 13.6. The molecule has 1 nitrogen and oxygen atoms in total. The molecule has 0 saturated carbocycles. The quantitative estimate of drug-likeness (QED) is 0.381. The first-order valence-electron chi connectivity index (χ1n) is 3.96. The van der Waals surface area contributed by atoms with Crippen molar-refractivity contribution in [3.8, 4) is 0 Å². The summed E-state index contributed by atoms with van der Waals surface area (Å²) >= 11 is 0. The van der Waals surface area contributed by atoms with E-state index in [1.54, 1.807) is 0 Å². The molecule has 0 saturated heterocycles. The van der Waals surface area contributed by atoms with Gasteiger partial charge in [0.15, 0.2) is 0 Å². The van der Waals surface area contributed by atoms with Crippen molar-refractivity contribution in [2.75, 3.05) is 6.54 Å². The third-order valence-corrected chi connectivity index (χ3v) is 1.67. The van der Waals surface area contributed by atoms with Crippen molar-refractivity contribution in [1.82, 2.24) is 4.90 Å². The fourth-order valence-electron chi connectivity index (χ4n) is 1.17. The van der Waals surface area contributed by atoms with Crippen LogP contribution in [0.1, 0.15) is 29.1 Å². The van der Waals surface area contributed by atoms with Crippen molar-refractivity contribution in [3.63, 3.8) is 0 Å². The second-order valence-electron chi connectivity index (χ2n) is 3.17. The topological polar surface area (TPSA) is 3.24 Å². The van der Waals surface area contributed by atoms with Gasteiger partial charge in [0.25, 0.3) is 0 Å². The minimum absolute atomic E-state index is 0. The van der Waals surface area contributed by atoms with Crippen molar-refractivity contribution < 1.29 is 20.3 Å². The van der Waals surface area contributed by atoms with E-state index in [-0.39, 0.29) is 20.3 Å². The van der Waals surface area contributed by atoms with Crippen molar-refractivity contribution in [2.45, 2.75) is 39.8 Å². The van der Waals surface area contributed by atoms with E-state index in [1.807, 2.05) is 6.08 Å². The smallest absolute Gasteiger partial charge is 1.00 e. The molecule has 0 aliphatic heterocycles. The Morgan fingerprint density at radius 1 is 1.27 bits per heavy atom. The third-order valence-electron chi connectivity index (χ3n) is 1.67. The van der Waals surface area contributed by atoms with E-state index in [0.717, 1.165) is 6.54 Å². The van der Waals surface area contributed by atoms with Crippen LogP contribution in [0.2, 0.25) is 0 Å². The molecular formula is C9H20LiN. The van der Waals surface area contributed by atoms with Crippen molar-refractivity contribution in [3.05, 3.63) is 12.7 Å². The number of hydrogen-bond acceptors (Lipinski definition) is 1. The Morgan fingerprint density at radius 2 is 1.64 bits per heavy atom. The van der Waals surface area contributed by atoms with E-state index in [4.69, 9.17) is 0 Å². The van der Waals surface area contributed by atoms with Gasteiger partial charge in [-0.2, -0.15) is 0 Å². The minimum atomic E-state index is 0. The molecule has 2 heteroatoms. The molecule has 0 atom stereocenters. The Labute approximate surface area is 84.5 Å². The van der Waals surface area contributed by atoms with Gasteiger partial charge in [0, 0.05) is 18.6 Å².